The Bertz CT molecular complexity index is 2340. The molecule has 0 radical (unpaired) electrons. The van der Waals surface area contributed by atoms with Gasteiger partial charge in [-0.2, -0.15) is 0 Å². The average Bonchev–Trinajstić information content (AvgIpc) is 3.39. The number of benzene rings is 5. The zero-order chi connectivity index (χ0) is 37.5. The molecule has 5 aromatic carbocycles. The molecule has 6 aromatic rings. The molecule has 8 rings (SSSR count). The summed E-state index contributed by atoms with van der Waals surface area (Å²) in [4.78, 5) is 2.84. The maximum Gasteiger partial charge on any atom is 0.332 e. The Morgan fingerprint density at radius 2 is 0.981 bits per heavy atom. The molecule has 0 aliphatic carbocycles. The third kappa shape index (κ3) is 4.98. The first-order chi connectivity index (χ1) is 24.1. The predicted molar refractivity (Wildman–Crippen MR) is 228 cm³/mol. The second kappa shape index (κ2) is 10.9. The molecule has 0 N–H and O–H groups in total. The van der Waals surface area contributed by atoms with Crippen LogP contribution in [-0.2, 0) is 27.1 Å². The molecular weight excluding hydrogens is 627 g/mol. The lowest BCUT2D eigenvalue weighted by atomic mass is 9.45. The first-order valence-electron chi connectivity index (χ1n) is 19.4. The molecule has 0 unspecified atom stereocenters. The normalized spacial score (nSPS) is 15.6. The number of para-hydroxylation sites is 3. The van der Waals surface area contributed by atoms with Gasteiger partial charge in [0.15, 0.2) is 0 Å². The largest absolute Gasteiger partial charge is 0.376 e. The lowest BCUT2D eigenvalue weighted by molar-refractivity contribution is 0.545. The van der Waals surface area contributed by atoms with Gasteiger partial charge in [-0.1, -0.05) is 176 Å². The van der Waals surface area contributed by atoms with Gasteiger partial charge in [-0.25, -0.2) is 0 Å². The zero-order valence-corrected chi connectivity index (χ0v) is 34.1. The molecule has 3 heterocycles. The molecule has 52 heavy (non-hydrogen) atoms. The van der Waals surface area contributed by atoms with Crippen molar-refractivity contribution < 1.29 is 0 Å². The van der Waals surface area contributed by atoms with Crippen LogP contribution in [-0.4, -0.2) is 11.4 Å². The Morgan fingerprint density at radius 3 is 1.52 bits per heavy atom. The minimum Gasteiger partial charge on any atom is -0.376 e. The Kier molecular flexibility index (Phi) is 7.31. The van der Waals surface area contributed by atoms with Crippen LogP contribution in [0.1, 0.15) is 130 Å². The molecule has 2 nitrogen and oxygen atoms in total. The highest BCUT2D eigenvalue weighted by Crippen LogP contribution is 2.57. The van der Waals surface area contributed by atoms with Crippen molar-refractivity contribution in [3.8, 4) is 5.69 Å². The van der Waals surface area contributed by atoms with Crippen LogP contribution in [0, 0.1) is 0 Å². The molecule has 3 heteroatoms. The summed E-state index contributed by atoms with van der Waals surface area (Å²) in [5, 5.41) is 2.63. The van der Waals surface area contributed by atoms with E-state index in [0.29, 0.717) is 0 Å². The van der Waals surface area contributed by atoms with Crippen molar-refractivity contribution in [3.63, 3.8) is 0 Å². The minimum absolute atomic E-state index is 0.00398. The molecule has 0 bridgehead atoms. The molecule has 2 aliphatic heterocycles. The van der Waals surface area contributed by atoms with E-state index < -0.39 is 0 Å². The summed E-state index contributed by atoms with van der Waals surface area (Å²) in [5.74, 6) is 0. The molecule has 0 spiro atoms. The third-order valence-corrected chi connectivity index (χ3v) is 12.1. The summed E-state index contributed by atoms with van der Waals surface area (Å²) >= 11 is 0. The van der Waals surface area contributed by atoms with E-state index in [9.17, 15) is 0 Å². The fourth-order valence-electron chi connectivity index (χ4n) is 9.15. The monoisotopic (exact) mass is 684 g/mol. The highest BCUT2D eigenvalue weighted by atomic mass is 15.1. The van der Waals surface area contributed by atoms with Crippen LogP contribution < -0.4 is 15.7 Å². The Hall–Kier alpha value is -4.24. The van der Waals surface area contributed by atoms with Crippen LogP contribution in [0.3, 0.4) is 0 Å². The van der Waals surface area contributed by atoms with Crippen LogP contribution in [0.4, 0.5) is 11.4 Å². The number of rotatable bonds is 1. The molecule has 0 atom stereocenters. The van der Waals surface area contributed by atoms with E-state index in [1.165, 1.54) is 83.2 Å². The lowest BCUT2D eigenvalue weighted by Gasteiger charge is -2.51. The van der Waals surface area contributed by atoms with Gasteiger partial charge in [-0.05, 0) is 78.1 Å². The van der Waals surface area contributed by atoms with Crippen LogP contribution >= 0.6 is 0 Å². The predicted octanol–water partition coefficient (Wildman–Crippen LogP) is 11.9. The average molecular weight is 685 g/mol. The molecule has 0 saturated carbocycles. The molecule has 266 valence electrons. The standard InChI is InChI=1S/C49H57BN2/c1-45(2,3)30-26-34(47(7,8)9)43-36(28-30)49(13,14)37-29-31(46(4,5)6)27-35(48(10,11)12)44(37)52(43)50-38-22-16-18-25-41(38)51-40-24-17-15-20-32(40)33-21-19-23-39(50)42(33)51/h15-29H,1-14H3. The topological polar surface area (TPSA) is 8.17 Å². The van der Waals surface area contributed by atoms with Gasteiger partial charge in [0, 0.05) is 33.2 Å². The van der Waals surface area contributed by atoms with Crippen molar-refractivity contribution in [3.05, 3.63) is 124 Å². The van der Waals surface area contributed by atoms with Gasteiger partial charge in [-0.15, -0.1) is 0 Å². The smallest absolute Gasteiger partial charge is 0.332 e. The second-order valence-electron chi connectivity index (χ2n) is 20.4. The summed E-state index contributed by atoms with van der Waals surface area (Å²) in [7, 11) is 0. The summed E-state index contributed by atoms with van der Waals surface area (Å²) in [6.07, 6.45) is 0. The van der Waals surface area contributed by atoms with Crippen LogP contribution in [0.5, 0.6) is 0 Å². The number of hydrogen-bond acceptors (Lipinski definition) is 1. The maximum atomic E-state index is 2.84. The van der Waals surface area contributed by atoms with Gasteiger partial charge in [0.1, 0.15) is 0 Å². The summed E-state index contributed by atoms with van der Waals surface area (Å²) < 4.78 is 2.54. The summed E-state index contributed by atoms with van der Waals surface area (Å²) in [6, 6.07) is 35.5. The van der Waals surface area contributed by atoms with E-state index in [4.69, 9.17) is 0 Å². The van der Waals surface area contributed by atoms with Gasteiger partial charge in [0.05, 0.1) is 11.0 Å². The van der Waals surface area contributed by atoms with Gasteiger partial charge >= 0.3 is 6.85 Å². The number of aromatic nitrogens is 1. The number of nitrogens with zero attached hydrogens (tertiary/aromatic N) is 2. The van der Waals surface area contributed by atoms with Crippen molar-refractivity contribution in [1.82, 2.24) is 4.57 Å². The molecule has 1 aromatic heterocycles. The summed E-state index contributed by atoms with van der Waals surface area (Å²) in [6.45, 7) is 33.7. The SMILES string of the molecule is CC(C)(C)c1cc(C(C)(C)C)c2c(c1)C(C)(C)c1cc(C(C)(C)C)cc(C(C)(C)C)c1N2B1c2ccccc2-n2c3ccccc3c3cccc1c32. The van der Waals surface area contributed by atoms with Crippen LogP contribution in [0.15, 0.2) is 91.0 Å². The van der Waals surface area contributed by atoms with Crippen molar-refractivity contribution in [2.24, 2.45) is 0 Å². The van der Waals surface area contributed by atoms with E-state index in [-0.39, 0.29) is 33.9 Å². The molecule has 0 amide bonds. The van der Waals surface area contributed by atoms with Crippen molar-refractivity contribution in [2.45, 2.75) is 124 Å². The van der Waals surface area contributed by atoms with Crippen molar-refractivity contribution in [2.75, 3.05) is 4.81 Å². The van der Waals surface area contributed by atoms with Crippen LogP contribution in [0.2, 0.25) is 0 Å². The molecule has 0 saturated heterocycles. The first-order valence-corrected chi connectivity index (χ1v) is 19.4. The fraction of sp³-hybridized carbons (Fsp3) is 0.388. The van der Waals surface area contributed by atoms with Gasteiger partial charge in [0.25, 0.3) is 0 Å². The first kappa shape index (κ1) is 34.8. The third-order valence-electron chi connectivity index (χ3n) is 12.1. The van der Waals surface area contributed by atoms with E-state index in [1.807, 2.05) is 0 Å². The van der Waals surface area contributed by atoms with E-state index in [0.717, 1.165) is 0 Å². The molecule has 0 fully saturated rings. The highest BCUT2D eigenvalue weighted by Gasteiger charge is 2.49. The minimum atomic E-state index is -0.237. The molecular formula is C49H57BN2. The van der Waals surface area contributed by atoms with E-state index >= 15 is 0 Å². The van der Waals surface area contributed by atoms with E-state index in [2.05, 4.69) is 197 Å². The van der Waals surface area contributed by atoms with Gasteiger partial charge < -0.3 is 9.38 Å². The molecule has 2 aliphatic rings. The lowest BCUT2D eigenvalue weighted by Crippen LogP contribution is -2.60. The number of anilines is 2. The second-order valence-corrected chi connectivity index (χ2v) is 20.4. The highest BCUT2D eigenvalue weighted by molar-refractivity contribution is 6.92. The van der Waals surface area contributed by atoms with Crippen molar-refractivity contribution >= 4 is 51.0 Å². The Morgan fingerprint density at radius 1 is 0.500 bits per heavy atom. The maximum absolute atomic E-state index is 2.84. The zero-order valence-electron chi connectivity index (χ0n) is 34.1. The van der Waals surface area contributed by atoms with Gasteiger partial charge in [-0.3, -0.25) is 0 Å². The fourth-order valence-corrected chi connectivity index (χ4v) is 9.15. The number of fused-ring (bicyclic) bond motifs is 7. The van der Waals surface area contributed by atoms with Gasteiger partial charge in [0.2, 0.25) is 0 Å². The van der Waals surface area contributed by atoms with E-state index in [1.54, 1.807) is 0 Å². The summed E-state index contributed by atoms with van der Waals surface area (Å²) in [5.41, 5.74) is 17.4. The Balaban J connectivity index is 1.61. The Labute approximate surface area is 313 Å². The van der Waals surface area contributed by atoms with Crippen LogP contribution in [0.25, 0.3) is 27.5 Å². The number of hydrogen-bond donors (Lipinski definition) is 0. The van der Waals surface area contributed by atoms with Crippen molar-refractivity contribution in [1.29, 1.82) is 0 Å². The quantitative estimate of drug-likeness (QED) is 0.157.